The number of thiophene rings is 1. The molecule has 5 nitrogen and oxygen atoms in total. The Balaban J connectivity index is 0.00000338. The van der Waals surface area contributed by atoms with Gasteiger partial charge in [0.05, 0.1) is 18.8 Å². The van der Waals surface area contributed by atoms with Crippen molar-refractivity contribution in [2.24, 2.45) is 10.9 Å². The van der Waals surface area contributed by atoms with E-state index in [9.17, 15) is 0 Å². The van der Waals surface area contributed by atoms with Gasteiger partial charge >= 0.3 is 0 Å². The normalized spacial score (nSPS) is 19.9. The van der Waals surface area contributed by atoms with Gasteiger partial charge < -0.3 is 15.4 Å². The summed E-state index contributed by atoms with van der Waals surface area (Å²) < 4.78 is 5.72. The standard InChI is InChI=1S/C19H34N4OS.HI/c1-5-16(6-2)12-21-19(20-4)22-13-17(18-8-7-11-25-18)23-9-10-24-15(3)14-23;/h7-8,11,15-17H,5-6,9-10,12-14H2,1-4H3,(H2,20,21,22);1H. The zero-order valence-electron chi connectivity index (χ0n) is 16.5. The van der Waals surface area contributed by atoms with Crippen molar-refractivity contribution in [1.82, 2.24) is 15.5 Å². The first-order valence-electron chi connectivity index (χ1n) is 9.51. The minimum absolute atomic E-state index is 0. The third kappa shape index (κ3) is 7.32. The maximum atomic E-state index is 5.72. The summed E-state index contributed by atoms with van der Waals surface area (Å²) in [5.74, 6) is 1.60. The lowest BCUT2D eigenvalue weighted by Crippen LogP contribution is -2.48. The van der Waals surface area contributed by atoms with Crippen molar-refractivity contribution in [3.63, 3.8) is 0 Å². The Morgan fingerprint density at radius 2 is 2.08 bits per heavy atom. The number of guanidine groups is 1. The highest BCUT2D eigenvalue weighted by molar-refractivity contribution is 14.0. The summed E-state index contributed by atoms with van der Waals surface area (Å²) in [6, 6.07) is 4.73. The van der Waals surface area contributed by atoms with Gasteiger partial charge in [0.15, 0.2) is 5.96 Å². The van der Waals surface area contributed by atoms with E-state index in [4.69, 9.17) is 4.74 Å². The Morgan fingerprint density at radius 3 is 2.65 bits per heavy atom. The van der Waals surface area contributed by atoms with Crippen molar-refractivity contribution < 1.29 is 4.74 Å². The first-order valence-corrected chi connectivity index (χ1v) is 10.4. The monoisotopic (exact) mass is 494 g/mol. The number of aliphatic imine (C=N–C) groups is 1. The molecule has 0 radical (unpaired) electrons. The highest BCUT2D eigenvalue weighted by atomic mass is 127. The van der Waals surface area contributed by atoms with E-state index in [1.54, 1.807) is 0 Å². The molecule has 26 heavy (non-hydrogen) atoms. The highest BCUT2D eigenvalue weighted by Gasteiger charge is 2.26. The molecular formula is C19H35IN4OS. The van der Waals surface area contributed by atoms with Crippen molar-refractivity contribution in [2.75, 3.05) is 39.8 Å². The fraction of sp³-hybridized carbons (Fsp3) is 0.737. The minimum atomic E-state index is 0. The lowest BCUT2D eigenvalue weighted by atomic mass is 10.0. The molecule has 2 atom stereocenters. The Labute approximate surface area is 180 Å². The van der Waals surface area contributed by atoms with Crippen molar-refractivity contribution >= 4 is 41.3 Å². The third-order valence-corrected chi connectivity index (χ3v) is 5.96. The molecule has 2 N–H and O–H groups in total. The SMILES string of the molecule is CCC(CC)CNC(=NC)NCC(c1cccs1)N1CCOC(C)C1.I. The van der Waals surface area contributed by atoms with Gasteiger partial charge in [-0.15, -0.1) is 35.3 Å². The fourth-order valence-electron chi connectivity index (χ4n) is 3.25. The van der Waals surface area contributed by atoms with E-state index in [-0.39, 0.29) is 24.0 Å². The van der Waals surface area contributed by atoms with Crippen molar-refractivity contribution in [1.29, 1.82) is 0 Å². The molecule has 1 saturated heterocycles. The predicted octanol–water partition coefficient (Wildman–Crippen LogP) is 3.73. The lowest BCUT2D eigenvalue weighted by molar-refractivity contribution is -0.0334. The van der Waals surface area contributed by atoms with Gasteiger partial charge in [-0.25, -0.2) is 0 Å². The van der Waals surface area contributed by atoms with Crippen molar-refractivity contribution in [2.45, 2.75) is 45.8 Å². The van der Waals surface area contributed by atoms with Gasteiger partial charge in [-0.3, -0.25) is 9.89 Å². The van der Waals surface area contributed by atoms with Crippen LogP contribution in [0.4, 0.5) is 0 Å². The van der Waals surface area contributed by atoms with Crippen LogP contribution < -0.4 is 10.6 Å². The molecule has 150 valence electrons. The van der Waals surface area contributed by atoms with E-state index < -0.39 is 0 Å². The van der Waals surface area contributed by atoms with Gasteiger partial charge in [-0.2, -0.15) is 0 Å². The minimum Gasteiger partial charge on any atom is -0.376 e. The molecule has 1 aliphatic rings. The maximum absolute atomic E-state index is 5.72. The van der Waals surface area contributed by atoms with Gasteiger partial charge in [0.25, 0.3) is 0 Å². The molecule has 1 aliphatic heterocycles. The average Bonchev–Trinajstić information content (AvgIpc) is 3.15. The molecule has 2 heterocycles. The molecule has 0 saturated carbocycles. The second-order valence-corrected chi connectivity index (χ2v) is 7.70. The first-order chi connectivity index (χ1) is 12.2. The number of hydrogen-bond donors (Lipinski definition) is 2. The number of morpholine rings is 1. The molecule has 0 amide bonds. The number of halogens is 1. The first kappa shape index (κ1) is 23.7. The maximum Gasteiger partial charge on any atom is 0.191 e. The molecule has 0 bridgehead atoms. The molecule has 1 aromatic rings. The zero-order chi connectivity index (χ0) is 18.1. The Kier molecular flexibility index (Phi) is 11.7. The molecule has 7 heteroatoms. The van der Waals surface area contributed by atoms with E-state index in [1.807, 2.05) is 18.4 Å². The van der Waals surface area contributed by atoms with Crippen LogP contribution in [0.5, 0.6) is 0 Å². The Morgan fingerprint density at radius 1 is 1.35 bits per heavy atom. The van der Waals surface area contributed by atoms with Gasteiger partial charge in [0, 0.05) is 38.1 Å². The van der Waals surface area contributed by atoms with Gasteiger partial charge in [-0.1, -0.05) is 32.8 Å². The van der Waals surface area contributed by atoms with E-state index >= 15 is 0 Å². The third-order valence-electron chi connectivity index (χ3n) is 4.98. The lowest BCUT2D eigenvalue weighted by Gasteiger charge is -2.37. The summed E-state index contributed by atoms with van der Waals surface area (Å²) in [5, 5.41) is 9.18. The molecule has 0 aromatic carbocycles. The number of rotatable bonds is 8. The van der Waals surface area contributed by atoms with E-state index in [1.165, 1.54) is 17.7 Å². The molecule has 1 fully saturated rings. The highest BCUT2D eigenvalue weighted by Crippen LogP contribution is 2.26. The van der Waals surface area contributed by atoms with Crippen molar-refractivity contribution in [3.8, 4) is 0 Å². The summed E-state index contributed by atoms with van der Waals surface area (Å²) in [7, 11) is 1.85. The van der Waals surface area contributed by atoms with Crippen molar-refractivity contribution in [3.05, 3.63) is 22.4 Å². The second-order valence-electron chi connectivity index (χ2n) is 6.72. The summed E-state index contributed by atoms with van der Waals surface area (Å²) in [4.78, 5) is 8.33. The van der Waals surface area contributed by atoms with Crippen LogP contribution in [-0.2, 0) is 4.74 Å². The predicted molar refractivity (Wildman–Crippen MR) is 123 cm³/mol. The van der Waals surface area contributed by atoms with Crippen LogP contribution in [0.1, 0.15) is 44.5 Å². The van der Waals surface area contributed by atoms with Crippen LogP contribution in [-0.4, -0.2) is 56.8 Å². The van der Waals surface area contributed by atoms with Gasteiger partial charge in [0.2, 0.25) is 0 Å². The van der Waals surface area contributed by atoms with Crippen LogP contribution in [0.25, 0.3) is 0 Å². The molecule has 1 aromatic heterocycles. The molecule has 0 aliphatic carbocycles. The Bertz CT molecular complexity index is 508. The Hall–Kier alpha value is -0.380. The quantitative estimate of drug-likeness (QED) is 0.329. The number of ether oxygens (including phenoxy) is 1. The zero-order valence-corrected chi connectivity index (χ0v) is 19.7. The largest absolute Gasteiger partial charge is 0.376 e. The van der Waals surface area contributed by atoms with E-state index in [0.29, 0.717) is 18.1 Å². The topological polar surface area (TPSA) is 48.9 Å². The van der Waals surface area contributed by atoms with Crippen LogP contribution >= 0.6 is 35.3 Å². The van der Waals surface area contributed by atoms with Crippen LogP contribution in [0.3, 0.4) is 0 Å². The molecule has 0 spiro atoms. The van der Waals surface area contributed by atoms with Crippen LogP contribution in [0.15, 0.2) is 22.5 Å². The molecule has 2 unspecified atom stereocenters. The number of nitrogens with one attached hydrogen (secondary N) is 2. The van der Waals surface area contributed by atoms with E-state index in [0.717, 1.165) is 38.7 Å². The van der Waals surface area contributed by atoms with Crippen LogP contribution in [0, 0.1) is 5.92 Å². The summed E-state index contributed by atoms with van der Waals surface area (Å²) in [5.41, 5.74) is 0. The summed E-state index contributed by atoms with van der Waals surface area (Å²) >= 11 is 1.83. The summed E-state index contributed by atoms with van der Waals surface area (Å²) in [6.45, 7) is 11.3. The summed E-state index contributed by atoms with van der Waals surface area (Å²) in [6.07, 6.45) is 2.69. The van der Waals surface area contributed by atoms with E-state index in [2.05, 4.69) is 58.8 Å². The van der Waals surface area contributed by atoms with Crippen LogP contribution in [0.2, 0.25) is 0 Å². The van der Waals surface area contributed by atoms with Gasteiger partial charge in [-0.05, 0) is 24.3 Å². The molecular weight excluding hydrogens is 459 g/mol. The fourth-order valence-corrected chi connectivity index (χ4v) is 4.11. The molecule has 2 rings (SSSR count). The van der Waals surface area contributed by atoms with Gasteiger partial charge in [0.1, 0.15) is 0 Å². The second kappa shape index (κ2) is 12.9. The smallest absolute Gasteiger partial charge is 0.191 e. The number of hydrogen-bond acceptors (Lipinski definition) is 4. The average molecular weight is 494 g/mol. The number of nitrogens with zero attached hydrogens (tertiary/aromatic N) is 2.